The number of fused-ring (bicyclic) bond motifs is 2. The number of rotatable bonds is 2. The van der Waals surface area contributed by atoms with Crippen LogP contribution in [0.2, 0.25) is 0 Å². The first-order valence-electron chi connectivity index (χ1n) is 8.03. The average molecular weight is 281 g/mol. The quantitative estimate of drug-likeness (QED) is 0.760. The zero-order valence-corrected chi connectivity index (χ0v) is 12.8. The summed E-state index contributed by atoms with van der Waals surface area (Å²) in [4.78, 5) is 2.91. The molecule has 2 aliphatic heterocycles. The number of hydrogen-bond donors (Lipinski definition) is 2. The van der Waals surface area contributed by atoms with E-state index in [0.29, 0.717) is 6.04 Å². The summed E-state index contributed by atoms with van der Waals surface area (Å²) in [6.45, 7) is 0. The van der Waals surface area contributed by atoms with Gasteiger partial charge in [0, 0.05) is 31.2 Å². The molecule has 1 saturated carbocycles. The molecule has 2 bridgehead atoms. The normalized spacial score (nSPS) is 36.2. The van der Waals surface area contributed by atoms with E-state index in [0.717, 1.165) is 23.2 Å². The predicted octanol–water partition coefficient (Wildman–Crippen LogP) is 2.41. The molecule has 3 rings (SSSR count). The molecule has 0 aromatic rings. The summed E-state index contributed by atoms with van der Waals surface area (Å²) in [7, 11) is 1.91. The van der Waals surface area contributed by atoms with Crippen LogP contribution in [0.3, 0.4) is 0 Å². The summed E-state index contributed by atoms with van der Waals surface area (Å²) in [5.74, 6) is 0. The van der Waals surface area contributed by atoms with Crippen molar-refractivity contribution in [3.63, 3.8) is 0 Å². The molecule has 2 unspecified atom stereocenters. The van der Waals surface area contributed by atoms with Gasteiger partial charge in [0.2, 0.25) is 0 Å². The number of thiocarbonyl (C=S) groups is 1. The molecule has 0 spiro atoms. The lowest BCUT2D eigenvalue weighted by Crippen LogP contribution is -2.60. The van der Waals surface area contributed by atoms with Gasteiger partial charge in [0.05, 0.1) is 0 Å². The summed E-state index contributed by atoms with van der Waals surface area (Å²) in [5, 5.41) is 7.37. The molecule has 3 fully saturated rings. The van der Waals surface area contributed by atoms with Crippen molar-refractivity contribution >= 4 is 17.3 Å². The highest BCUT2D eigenvalue weighted by molar-refractivity contribution is 7.80. The molecule has 0 aromatic heterocycles. The van der Waals surface area contributed by atoms with Crippen LogP contribution in [0.4, 0.5) is 0 Å². The van der Waals surface area contributed by atoms with Crippen molar-refractivity contribution in [3.05, 3.63) is 0 Å². The molecule has 108 valence electrons. The molecule has 2 atom stereocenters. The first-order valence-corrected chi connectivity index (χ1v) is 8.44. The summed E-state index contributed by atoms with van der Waals surface area (Å²) in [6.07, 6.45) is 12.6. The molecule has 19 heavy (non-hydrogen) atoms. The third-order valence-corrected chi connectivity index (χ3v) is 5.66. The van der Waals surface area contributed by atoms with Crippen LogP contribution in [0.25, 0.3) is 0 Å². The van der Waals surface area contributed by atoms with Crippen LogP contribution in [0.5, 0.6) is 0 Å². The van der Waals surface area contributed by atoms with Crippen molar-refractivity contribution in [1.82, 2.24) is 15.5 Å². The Kier molecular flexibility index (Phi) is 4.27. The zero-order chi connectivity index (χ0) is 13.2. The van der Waals surface area contributed by atoms with Gasteiger partial charge < -0.3 is 10.6 Å². The Hall–Kier alpha value is -0.350. The molecule has 3 aliphatic rings. The lowest BCUT2D eigenvalue weighted by atomic mass is 9.80. The maximum atomic E-state index is 5.27. The van der Waals surface area contributed by atoms with Gasteiger partial charge in [-0.15, -0.1) is 0 Å². The predicted molar refractivity (Wildman–Crippen MR) is 83.3 cm³/mol. The first-order chi connectivity index (χ1) is 9.28. The minimum Gasteiger partial charge on any atom is -0.366 e. The lowest BCUT2D eigenvalue weighted by Gasteiger charge is -2.52. The topological polar surface area (TPSA) is 27.3 Å². The molecular weight excluding hydrogens is 254 g/mol. The molecule has 2 saturated heterocycles. The van der Waals surface area contributed by atoms with Crippen LogP contribution in [0, 0.1) is 0 Å². The third-order valence-electron chi connectivity index (χ3n) is 5.34. The molecule has 2 heterocycles. The minimum absolute atomic E-state index is 0.591. The largest absolute Gasteiger partial charge is 0.366 e. The zero-order valence-electron chi connectivity index (χ0n) is 12.0. The Bertz CT molecular complexity index is 313. The number of hydrogen-bond acceptors (Lipinski definition) is 2. The van der Waals surface area contributed by atoms with E-state index >= 15 is 0 Å². The highest BCUT2D eigenvalue weighted by Gasteiger charge is 2.42. The van der Waals surface area contributed by atoms with Crippen LogP contribution in [0.1, 0.15) is 57.8 Å². The Morgan fingerprint density at radius 3 is 2.11 bits per heavy atom. The van der Waals surface area contributed by atoms with Gasteiger partial charge in [-0.3, -0.25) is 4.90 Å². The highest BCUT2D eigenvalue weighted by atomic mass is 32.1. The van der Waals surface area contributed by atoms with Crippen LogP contribution in [-0.2, 0) is 0 Å². The van der Waals surface area contributed by atoms with E-state index in [1.807, 2.05) is 7.05 Å². The Balaban J connectivity index is 1.65. The summed E-state index contributed by atoms with van der Waals surface area (Å²) in [5.41, 5.74) is 0. The van der Waals surface area contributed by atoms with E-state index in [4.69, 9.17) is 12.2 Å². The smallest absolute Gasteiger partial charge is 0.166 e. The molecule has 4 heteroatoms. The Morgan fingerprint density at radius 1 is 0.947 bits per heavy atom. The van der Waals surface area contributed by atoms with Gasteiger partial charge in [-0.1, -0.05) is 19.3 Å². The van der Waals surface area contributed by atoms with E-state index in [1.165, 1.54) is 57.8 Å². The van der Waals surface area contributed by atoms with E-state index in [-0.39, 0.29) is 0 Å². The Morgan fingerprint density at radius 2 is 1.53 bits per heavy atom. The molecule has 0 amide bonds. The van der Waals surface area contributed by atoms with Crippen LogP contribution in [-0.4, -0.2) is 41.2 Å². The van der Waals surface area contributed by atoms with Crippen LogP contribution >= 0.6 is 12.2 Å². The fourth-order valence-electron chi connectivity index (χ4n) is 4.59. The van der Waals surface area contributed by atoms with E-state index in [2.05, 4.69) is 15.5 Å². The second-order valence-corrected chi connectivity index (χ2v) is 6.92. The van der Waals surface area contributed by atoms with Crippen molar-refractivity contribution in [1.29, 1.82) is 0 Å². The second kappa shape index (κ2) is 5.96. The number of piperidine rings is 2. The molecular formula is C15H27N3S. The first kappa shape index (κ1) is 13.6. The molecule has 1 aliphatic carbocycles. The lowest BCUT2D eigenvalue weighted by molar-refractivity contribution is -0.00606. The van der Waals surface area contributed by atoms with Crippen molar-refractivity contribution in [2.45, 2.75) is 82.0 Å². The fraction of sp³-hybridized carbons (Fsp3) is 0.933. The molecule has 0 radical (unpaired) electrons. The monoisotopic (exact) mass is 281 g/mol. The van der Waals surface area contributed by atoms with Gasteiger partial charge in [0.15, 0.2) is 5.11 Å². The van der Waals surface area contributed by atoms with Gasteiger partial charge in [-0.05, 0) is 50.7 Å². The minimum atomic E-state index is 0.591. The molecule has 2 N–H and O–H groups in total. The molecule has 0 aromatic carbocycles. The molecule has 3 nitrogen and oxygen atoms in total. The number of nitrogens with zero attached hydrogens (tertiary/aromatic N) is 1. The van der Waals surface area contributed by atoms with E-state index in [9.17, 15) is 0 Å². The summed E-state index contributed by atoms with van der Waals surface area (Å²) >= 11 is 5.27. The van der Waals surface area contributed by atoms with Crippen molar-refractivity contribution in [3.8, 4) is 0 Å². The van der Waals surface area contributed by atoms with Crippen LogP contribution < -0.4 is 10.6 Å². The van der Waals surface area contributed by atoms with Crippen LogP contribution in [0.15, 0.2) is 0 Å². The second-order valence-electron chi connectivity index (χ2n) is 6.52. The van der Waals surface area contributed by atoms with Gasteiger partial charge >= 0.3 is 0 Å². The Labute approximate surface area is 122 Å². The van der Waals surface area contributed by atoms with Crippen molar-refractivity contribution < 1.29 is 0 Å². The van der Waals surface area contributed by atoms with E-state index in [1.54, 1.807) is 0 Å². The average Bonchev–Trinajstić information content (AvgIpc) is 2.91. The third kappa shape index (κ3) is 2.89. The van der Waals surface area contributed by atoms with Gasteiger partial charge in [-0.25, -0.2) is 0 Å². The highest BCUT2D eigenvalue weighted by Crippen LogP contribution is 2.39. The fourth-order valence-corrected chi connectivity index (χ4v) is 4.76. The maximum Gasteiger partial charge on any atom is 0.166 e. The van der Waals surface area contributed by atoms with Gasteiger partial charge in [0.1, 0.15) is 0 Å². The van der Waals surface area contributed by atoms with Gasteiger partial charge in [0.25, 0.3) is 0 Å². The van der Waals surface area contributed by atoms with E-state index < -0.39 is 0 Å². The summed E-state index contributed by atoms with van der Waals surface area (Å²) < 4.78 is 0. The summed E-state index contributed by atoms with van der Waals surface area (Å²) in [6, 6.07) is 3.11. The number of nitrogens with one attached hydrogen (secondary N) is 2. The van der Waals surface area contributed by atoms with Crippen molar-refractivity contribution in [2.75, 3.05) is 7.05 Å². The standard InChI is InChI=1S/C15H27N3S/c1-16-15(19)17-11-9-13-7-4-8-14(10-11)18(13)12-5-2-3-6-12/h11-14H,2-10H2,1H3,(H2,16,17,19). The SMILES string of the molecule is CNC(=S)NC1CC2CCCC(C1)N2C1CCCC1. The maximum absolute atomic E-state index is 5.27. The van der Waals surface area contributed by atoms with Crippen molar-refractivity contribution in [2.24, 2.45) is 0 Å². The van der Waals surface area contributed by atoms with Gasteiger partial charge in [-0.2, -0.15) is 0 Å².